The van der Waals surface area contributed by atoms with Crippen LogP contribution in [0.1, 0.15) is 65.7 Å². The van der Waals surface area contributed by atoms with E-state index in [-0.39, 0.29) is 0 Å². The van der Waals surface area contributed by atoms with E-state index >= 15 is 0 Å². The highest BCUT2D eigenvalue weighted by molar-refractivity contribution is 5.91. The highest BCUT2D eigenvalue weighted by Gasteiger charge is 2.52. The molecule has 3 aliphatic rings. The molecule has 2 atom stereocenters. The lowest BCUT2D eigenvalue weighted by molar-refractivity contribution is 0.0283. The molecule has 0 aromatic carbocycles. The zero-order valence-electron chi connectivity index (χ0n) is 11.1. The summed E-state index contributed by atoms with van der Waals surface area (Å²) < 4.78 is 0. The molecule has 0 N–H and O–H groups in total. The molecule has 2 fully saturated rings. The number of fused-ring (bicyclic) bond motifs is 2. The predicted octanol–water partition coefficient (Wildman–Crippen LogP) is 4.22. The Balaban J connectivity index is 1.87. The number of rotatable bonds is 0. The van der Waals surface area contributed by atoms with E-state index in [1.807, 2.05) is 0 Å². The van der Waals surface area contributed by atoms with Gasteiger partial charge in [0, 0.05) is 5.71 Å². The van der Waals surface area contributed by atoms with E-state index in [0.717, 1.165) is 5.92 Å². The molecule has 16 heavy (non-hydrogen) atoms. The molecule has 0 amide bonds. The van der Waals surface area contributed by atoms with Crippen molar-refractivity contribution >= 4 is 5.71 Å². The fourth-order valence-corrected chi connectivity index (χ4v) is 4.12. The first-order valence-corrected chi connectivity index (χ1v) is 7.08. The van der Waals surface area contributed by atoms with Crippen molar-refractivity contribution in [1.29, 1.82) is 0 Å². The second-order valence-electron chi connectivity index (χ2n) is 7.34. The summed E-state index contributed by atoms with van der Waals surface area (Å²) in [5.41, 5.74) is 2.48. The minimum absolute atomic E-state index is 0.308. The van der Waals surface area contributed by atoms with Gasteiger partial charge in [0.15, 0.2) is 0 Å². The van der Waals surface area contributed by atoms with Crippen molar-refractivity contribution in [1.82, 2.24) is 0 Å². The largest absolute Gasteiger partial charge is 0.289 e. The summed E-state index contributed by atoms with van der Waals surface area (Å²) in [5, 5.41) is 0. The lowest BCUT2D eigenvalue weighted by Gasteiger charge is -2.50. The van der Waals surface area contributed by atoms with Crippen LogP contribution in [0.5, 0.6) is 0 Å². The highest BCUT2D eigenvalue weighted by atomic mass is 14.9. The molecule has 1 aliphatic heterocycles. The third-order valence-electron chi connectivity index (χ3n) is 5.29. The van der Waals surface area contributed by atoms with E-state index in [0.29, 0.717) is 16.9 Å². The Bertz CT molecular complexity index is 317. The molecule has 0 aromatic rings. The topological polar surface area (TPSA) is 12.4 Å². The molecular formula is C15H25N. The summed E-state index contributed by atoms with van der Waals surface area (Å²) >= 11 is 0. The average molecular weight is 219 g/mol. The molecule has 0 aromatic heterocycles. The quantitative estimate of drug-likeness (QED) is 0.578. The van der Waals surface area contributed by atoms with Gasteiger partial charge in [-0.05, 0) is 48.9 Å². The van der Waals surface area contributed by atoms with Crippen LogP contribution < -0.4 is 0 Å². The van der Waals surface area contributed by atoms with Gasteiger partial charge in [0.05, 0.1) is 6.04 Å². The van der Waals surface area contributed by atoms with Crippen LogP contribution in [-0.2, 0) is 0 Å². The molecule has 1 heteroatoms. The van der Waals surface area contributed by atoms with Crippen molar-refractivity contribution in [3.8, 4) is 0 Å². The smallest absolute Gasteiger partial charge is 0.0587 e. The number of hydrogen-bond donors (Lipinski definition) is 0. The monoisotopic (exact) mass is 219 g/mol. The van der Waals surface area contributed by atoms with Gasteiger partial charge in [0.25, 0.3) is 0 Å². The molecule has 1 heterocycles. The zero-order valence-corrected chi connectivity index (χ0v) is 11.1. The summed E-state index contributed by atoms with van der Waals surface area (Å²) in [4.78, 5) is 5.17. The maximum Gasteiger partial charge on any atom is 0.0587 e. The Labute approximate surface area is 99.7 Å². The normalized spacial score (nSPS) is 36.8. The Morgan fingerprint density at radius 3 is 2.38 bits per heavy atom. The number of aliphatic imine (C=N–C) groups is 1. The summed E-state index contributed by atoms with van der Waals surface area (Å²) in [5.74, 6) is 0.906. The SMILES string of the molecule is CC(C)(C)C1=NC2C(CCCC23CCC3)C1. The van der Waals surface area contributed by atoms with E-state index in [1.54, 1.807) is 0 Å². The van der Waals surface area contributed by atoms with Gasteiger partial charge in [-0.2, -0.15) is 0 Å². The first kappa shape index (κ1) is 10.8. The second-order valence-corrected chi connectivity index (χ2v) is 7.34. The molecule has 2 saturated carbocycles. The number of nitrogens with zero attached hydrogens (tertiary/aromatic N) is 1. The van der Waals surface area contributed by atoms with Gasteiger partial charge in [0.1, 0.15) is 0 Å². The average Bonchev–Trinajstić information content (AvgIpc) is 2.57. The van der Waals surface area contributed by atoms with Crippen molar-refractivity contribution in [2.24, 2.45) is 21.7 Å². The van der Waals surface area contributed by atoms with Crippen LogP contribution in [0.2, 0.25) is 0 Å². The zero-order chi connectivity index (χ0) is 11.4. The van der Waals surface area contributed by atoms with Crippen molar-refractivity contribution in [3.05, 3.63) is 0 Å². The van der Waals surface area contributed by atoms with E-state index in [2.05, 4.69) is 20.8 Å². The van der Waals surface area contributed by atoms with Crippen LogP contribution in [-0.4, -0.2) is 11.8 Å². The van der Waals surface area contributed by atoms with Crippen molar-refractivity contribution < 1.29 is 0 Å². The lowest BCUT2D eigenvalue weighted by atomic mass is 9.56. The Morgan fingerprint density at radius 2 is 1.81 bits per heavy atom. The summed E-state index contributed by atoms with van der Waals surface area (Å²) in [6.07, 6.45) is 10.1. The summed E-state index contributed by atoms with van der Waals surface area (Å²) in [6.45, 7) is 6.99. The van der Waals surface area contributed by atoms with Gasteiger partial charge in [0.2, 0.25) is 0 Å². The molecule has 3 rings (SSSR count). The maximum absolute atomic E-state index is 5.17. The van der Waals surface area contributed by atoms with Crippen LogP contribution in [0.3, 0.4) is 0 Å². The maximum atomic E-state index is 5.17. The molecule has 2 aliphatic carbocycles. The number of hydrogen-bond acceptors (Lipinski definition) is 1. The fourth-order valence-electron chi connectivity index (χ4n) is 4.12. The first-order valence-electron chi connectivity index (χ1n) is 7.08. The van der Waals surface area contributed by atoms with Crippen molar-refractivity contribution in [2.45, 2.75) is 71.8 Å². The van der Waals surface area contributed by atoms with E-state index in [9.17, 15) is 0 Å². The van der Waals surface area contributed by atoms with Gasteiger partial charge >= 0.3 is 0 Å². The standard InChI is InChI=1S/C15H25N/c1-14(2,3)12-10-11-6-4-7-15(8-5-9-15)13(11)16-12/h11,13H,4-10H2,1-3H3. The third-order valence-corrected chi connectivity index (χ3v) is 5.29. The molecule has 0 saturated heterocycles. The van der Waals surface area contributed by atoms with Gasteiger partial charge in [-0.25, -0.2) is 0 Å². The minimum Gasteiger partial charge on any atom is -0.289 e. The third kappa shape index (κ3) is 1.47. The van der Waals surface area contributed by atoms with Crippen LogP contribution in [0.15, 0.2) is 4.99 Å². The van der Waals surface area contributed by atoms with Gasteiger partial charge in [-0.3, -0.25) is 4.99 Å². The molecule has 0 bridgehead atoms. The van der Waals surface area contributed by atoms with E-state index < -0.39 is 0 Å². The Morgan fingerprint density at radius 1 is 1.12 bits per heavy atom. The minimum atomic E-state index is 0.308. The first-order chi connectivity index (χ1) is 7.51. The van der Waals surface area contributed by atoms with Crippen LogP contribution in [0, 0.1) is 16.7 Å². The molecule has 1 spiro atoms. The Hall–Kier alpha value is -0.330. The summed E-state index contributed by atoms with van der Waals surface area (Å²) in [6, 6.07) is 0.712. The van der Waals surface area contributed by atoms with E-state index in [1.165, 1.54) is 50.7 Å². The van der Waals surface area contributed by atoms with Crippen molar-refractivity contribution in [3.63, 3.8) is 0 Å². The molecule has 1 nitrogen and oxygen atoms in total. The predicted molar refractivity (Wildman–Crippen MR) is 68.9 cm³/mol. The Kier molecular flexibility index (Phi) is 2.25. The van der Waals surface area contributed by atoms with Crippen LogP contribution >= 0.6 is 0 Å². The van der Waals surface area contributed by atoms with Gasteiger partial charge in [-0.15, -0.1) is 0 Å². The van der Waals surface area contributed by atoms with Gasteiger partial charge in [-0.1, -0.05) is 33.6 Å². The van der Waals surface area contributed by atoms with Crippen LogP contribution in [0.4, 0.5) is 0 Å². The molecular weight excluding hydrogens is 194 g/mol. The second kappa shape index (κ2) is 3.34. The highest BCUT2D eigenvalue weighted by Crippen LogP contribution is 2.57. The molecule has 2 unspecified atom stereocenters. The van der Waals surface area contributed by atoms with Crippen molar-refractivity contribution in [2.75, 3.05) is 0 Å². The lowest BCUT2D eigenvalue weighted by Crippen LogP contribution is -2.45. The van der Waals surface area contributed by atoms with Crippen LogP contribution in [0.25, 0.3) is 0 Å². The summed E-state index contributed by atoms with van der Waals surface area (Å²) in [7, 11) is 0. The molecule has 90 valence electrons. The van der Waals surface area contributed by atoms with E-state index in [4.69, 9.17) is 4.99 Å². The molecule has 0 radical (unpaired) electrons. The fraction of sp³-hybridized carbons (Fsp3) is 0.933. The van der Waals surface area contributed by atoms with Gasteiger partial charge < -0.3 is 0 Å².